The number of rotatable bonds is 4. The number of nitrogens with two attached hydrogens (primary N) is 1. The number of hydrogen-bond donors (Lipinski definition) is 2. The first kappa shape index (κ1) is 17.0. The fourth-order valence-corrected chi connectivity index (χ4v) is 2.07. The minimum absolute atomic E-state index is 0. The van der Waals surface area contributed by atoms with Gasteiger partial charge in [0.2, 0.25) is 17.7 Å². The van der Waals surface area contributed by atoms with Gasteiger partial charge in [-0.2, -0.15) is 0 Å². The Morgan fingerprint density at radius 1 is 1.29 bits per heavy atom. The van der Waals surface area contributed by atoms with Crippen LogP contribution in [0.25, 0.3) is 0 Å². The molecule has 1 saturated heterocycles. The molecule has 0 spiro atoms. The van der Waals surface area contributed by atoms with Gasteiger partial charge < -0.3 is 11.1 Å². The summed E-state index contributed by atoms with van der Waals surface area (Å²) in [6.07, 6.45) is 0.579. The molecule has 1 aliphatic rings. The topological polar surface area (TPSA) is 92.5 Å². The number of aryl methyl sites for hydroxylation is 1. The molecule has 21 heavy (non-hydrogen) atoms. The number of nitrogens with zero attached hydrogens (tertiary/aromatic N) is 1. The third-order valence-electron chi connectivity index (χ3n) is 3.25. The number of anilines is 2. The highest BCUT2D eigenvalue weighted by Gasteiger charge is 2.28. The third-order valence-corrected chi connectivity index (χ3v) is 3.25. The largest absolute Gasteiger partial charge is 0.399 e. The maximum atomic E-state index is 11.8. The van der Waals surface area contributed by atoms with Crippen molar-refractivity contribution in [1.82, 2.24) is 4.90 Å². The zero-order valence-electron chi connectivity index (χ0n) is 11.7. The normalized spacial score (nSPS) is 14.0. The van der Waals surface area contributed by atoms with Crippen molar-refractivity contribution in [2.75, 3.05) is 17.6 Å². The predicted octanol–water partition coefficient (Wildman–Crippen LogP) is 1.48. The molecule has 1 aromatic carbocycles. The first-order chi connectivity index (χ1) is 9.47. The van der Waals surface area contributed by atoms with E-state index in [-0.39, 0.29) is 55.9 Å². The van der Waals surface area contributed by atoms with Gasteiger partial charge in [0.25, 0.3) is 0 Å². The molecule has 2 rings (SSSR count). The van der Waals surface area contributed by atoms with Gasteiger partial charge in [-0.25, -0.2) is 0 Å². The van der Waals surface area contributed by atoms with E-state index in [1.165, 1.54) is 0 Å². The zero-order valence-corrected chi connectivity index (χ0v) is 12.5. The van der Waals surface area contributed by atoms with Crippen LogP contribution in [0.2, 0.25) is 0 Å². The molecule has 7 heteroatoms. The lowest BCUT2D eigenvalue weighted by molar-refractivity contribution is -0.138. The van der Waals surface area contributed by atoms with E-state index in [1.807, 2.05) is 13.0 Å². The minimum Gasteiger partial charge on any atom is -0.399 e. The van der Waals surface area contributed by atoms with Crippen LogP contribution >= 0.6 is 12.4 Å². The Kier molecular flexibility index (Phi) is 5.72. The lowest BCUT2D eigenvalue weighted by Crippen LogP contribution is -2.32. The van der Waals surface area contributed by atoms with Gasteiger partial charge in [-0.3, -0.25) is 19.3 Å². The number of hydrogen-bond acceptors (Lipinski definition) is 4. The number of likely N-dealkylation sites (tertiary alicyclic amines) is 1. The first-order valence-electron chi connectivity index (χ1n) is 6.46. The van der Waals surface area contributed by atoms with Crippen molar-refractivity contribution in [2.45, 2.75) is 26.2 Å². The van der Waals surface area contributed by atoms with Crippen molar-refractivity contribution in [1.29, 1.82) is 0 Å². The Morgan fingerprint density at radius 2 is 1.90 bits per heavy atom. The van der Waals surface area contributed by atoms with Crippen LogP contribution < -0.4 is 11.1 Å². The van der Waals surface area contributed by atoms with Crippen LogP contribution in [-0.2, 0) is 14.4 Å². The van der Waals surface area contributed by atoms with Crippen LogP contribution in [0.4, 0.5) is 11.4 Å². The van der Waals surface area contributed by atoms with E-state index < -0.39 is 0 Å². The van der Waals surface area contributed by atoms with Gasteiger partial charge in [0, 0.05) is 37.2 Å². The van der Waals surface area contributed by atoms with E-state index in [9.17, 15) is 14.4 Å². The quantitative estimate of drug-likeness (QED) is 0.650. The highest BCUT2D eigenvalue weighted by Crippen LogP contribution is 2.18. The van der Waals surface area contributed by atoms with Crippen LogP contribution in [0, 0.1) is 6.92 Å². The number of nitrogens with one attached hydrogen (secondary N) is 1. The van der Waals surface area contributed by atoms with E-state index >= 15 is 0 Å². The first-order valence-corrected chi connectivity index (χ1v) is 6.46. The Morgan fingerprint density at radius 3 is 2.52 bits per heavy atom. The lowest BCUT2D eigenvalue weighted by Gasteiger charge is -2.14. The number of carbonyl (C=O) groups is 3. The molecule has 3 amide bonds. The van der Waals surface area contributed by atoms with Crippen LogP contribution in [0.1, 0.15) is 24.8 Å². The molecule has 0 bridgehead atoms. The second kappa shape index (κ2) is 7.08. The van der Waals surface area contributed by atoms with Crippen molar-refractivity contribution in [3.63, 3.8) is 0 Å². The SMILES string of the molecule is Cc1ccc(N)cc1NC(=O)CCN1C(=O)CCC1=O.Cl. The van der Waals surface area contributed by atoms with Gasteiger partial charge in [0.15, 0.2) is 0 Å². The van der Waals surface area contributed by atoms with Crippen LogP contribution in [0.15, 0.2) is 18.2 Å². The standard InChI is InChI=1S/C14H17N3O3.ClH/c1-9-2-3-10(15)8-11(9)16-12(18)6-7-17-13(19)4-5-14(17)20;/h2-3,8H,4-7,15H2,1H3,(H,16,18);1H. The summed E-state index contributed by atoms with van der Waals surface area (Å²) in [5.74, 6) is -0.655. The predicted molar refractivity (Wildman–Crippen MR) is 82.0 cm³/mol. The molecule has 1 aromatic rings. The van der Waals surface area contributed by atoms with Crippen LogP contribution in [-0.4, -0.2) is 29.2 Å². The molecule has 0 aliphatic carbocycles. The van der Waals surface area contributed by atoms with Crippen LogP contribution in [0.3, 0.4) is 0 Å². The van der Waals surface area contributed by atoms with Crippen molar-refractivity contribution in [3.05, 3.63) is 23.8 Å². The van der Waals surface area contributed by atoms with Crippen molar-refractivity contribution in [3.8, 4) is 0 Å². The fraction of sp³-hybridized carbons (Fsp3) is 0.357. The molecule has 0 aromatic heterocycles. The van der Waals surface area contributed by atoms with E-state index in [2.05, 4.69) is 5.32 Å². The summed E-state index contributed by atoms with van der Waals surface area (Å²) in [5, 5.41) is 2.74. The van der Waals surface area contributed by atoms with Crippen molar-refractivity contribution in [2.24, 2.45) is 0 Å². The molecular formula is C14H18ClN3O3. The third kappa shape index (κ3) is 4.19. The summed E-state index contributed by atoms with van der Waals surface area (Å²) in [4.78, 5) is 35.8. The smallest absolute Gasteiger partial charge is 0.229 e. The maximum Gasteiger partial charge on any atom is 0.229 e. The molecule has 0 saturated carbocycles. The maximum absolute atomic E-state index is 11.8. The van der Waals surface area contributed by atoms with E-state index in [0.717, 1.165) is 10.5 Å². The number of amides is 3. The lowest BCUT2D eigenvalue weighted by atomic mass is 10.2. The number of halogens is 1. The summed E-state index contributed by atoms with van der Waals surface area (Å²) in [6, 6.07) is 5.25. The van der Waals surface area contributed by atoms with Gasteiger partial charge in [0.1, 0.15) is 0 Å². The minimum atomic E-state index is -0.244. The second-order valence-electron chi connectivity index (χ2n) is 4.81. The Hall–Kier alpha value is -2.08. The number of imide groups is 1. The molecular weight excluding hydrogens is 294 g/mol. The molecule has 114 valence electrons. The Bertz CT molecular complexity index is 559. The van der Waals surface area contributed by atoms with Gasteiger partial charge in [-0.15, -0.1) is 12.4 Å². The molecule has 0 atom stereocenters. The van der Waals surface area contributed by atoms with Crippen molar-refractivity contribution >= 4 is 41.5 Å². The number of nitrogen functional groups attached to an aromatic ring is 1. The summed E-state index contributed by atoms with van der Waals surface area (Å²) in [7, 11) is 0. The van der Waals surface area contributed by atoms with E-state index in [4.69, 9.17) is 5.73 Å². The van der Waals surface area contributed by atoms with E-state index in [1.54, 1.807) is 12.1 Å². The van der Waals surface area contributed by atoms with Gasteiger partial charge in [0.05, 0.1) is 0 Å². The number of carbonyl (C=O) groups excluding carboxylic acids is 3. The van der Waals surface area contributed by atoms with Gasteiger partial charge in [-0.1, -0.05) is 6.07 Å². The van der Waals surface area contributed by atoms with Gasteiger partial charge in [-0.05, 0) is 24.6 Å². The average molecular weight is 312 g/mol. The summed E-state index contributed by atoms with van der Waals surface area (Å²) in [5.41, 5.74) is 7.78. The molecule has 6 nitrogen and oxygen atoms in total. The fourth-order valence-electron chi connectivity index (χ4n) is 2.07. The molecule has 0 radical (unpaired) electrons. The molecule has 1 fully saturated rings. The van der Waals surface area contributed by atoms with Crippen LogP contribution in [0.5, 0.6) is 0 Å². The van der Waals surface area contributed by atoms with Gasteiger partial charge >= 0.3 is 0 Å². The average Bonchev–Trinajstić information content (AvgIpc) is 2.71. The molecule has 0 unspecified atom stereocenters. The highest BCUT2D eigenvalue weighted by molar-refractivity contribution is 6.02. The molecule has 1 aliphatic heterocycles. The summed E-state index contributed by atoms with van der Waals surface area (Å²) >= 11 is 0. The summed E-state index contributed by atoms with van der Waals surface area (Å²) in [6.45, 7) is 1.99. The molecule has 1 heterocycles. The highest BCUT2D eigenvalue weighted by atomic mass is 35.5. The summed E-state index contributed by atoms with van der Waals surface area (Å²) < 4.78 is 0. The zero-order chi connectivity index (χ0) is 14.7. The number of benzene rings is 1. The Balaban J connectivity index is 0.00000220. The molecule has 3 N–H and O–H groups in total. The van der Waals surface area contributed by atoms with Crippen molar-refractivity contribution < 1.29 is 14.4 Å². The Labute approximate surface area is 129 Å². The van der Waals surface area contributed by atoms with E-state index in [0.29, 0.717) is 11.4 Å². The second-order valence-corrected chi connectivity index (χ2v) is 4.81. The monoisotopic (exact) mass is 311 g/mol.